The van der Waals surface area contributed by atoms with E-state index in [2.05, 4.69) is 5.32 Å². The van der Waals surface area contributed by atoms with Crippen LogP contribution in [0.5, 0.6) is 0 Å². The molecule has 0 aromatic heterocycles. The maximum absolute atomic E-state index is 12.2. The molecule has 2 saturated heterocycles. The first kappa shape index (κ1) is 18.4. The molecule has 2 rings (SSSR count). The van der Waals surface area contributed by atoms with Crippen LogP contribution in [-0.4, -0.2) is 74.0 Å². The van der Waals surface area contributed by atoms with E-state index in [4.69, 9.17) is 18.9 Å². The van der Waals surface area contributed by atoms with Gasteiger partial charge in [0.15, 0.2) is 5.79 Å². The molecule has 1 N–H and O–H groups in total. The lowest BCUT2D eigenvalue weighted by Gasteiger charge is -2.36. The van der Waals surface area contributed by atoms with Crippen LogP contribution >= 0.6 is 0 Å². The minimum atomic E-state index is -0.531. The molecule has 2 aliphatic rings. The molecule has 0 aliphatic carbocycles. The van der Waals surface area contributed by atoms with Crippen molar-refractivity contribution < 1.29 is 23.7 Å². The third-order valence-corrected chi connectivity index (χ3v) is 3.93. The van der Waals surface area contributed by atoms with Gasteiger partial charge in [-0.05, 0) is 34.6 Å². The van der Waals surface area contributed by atoms with E-state index in [1.54, 1.807) is 12.0 Å². The predicted octanol–water partition coefficient (Wildman–Crippen LogP) is 1.36. The lowest BCUT2D eigenvalue weighted by molar-refractivity contribution is -0.253. The van der Waals surface area contributed by atoms with Crippen LogP contribution < -0.4 is 5.32 Å². The van der Waals surface area contributed by atoms with Crippen molar-refractivity contribution in [3.8, 4) is 0 Å². The van der Waals surface area contributed by atoms with Gasteiger partial charge in [0.25, 0.3) is 0 Å². The zero-order chi connectivity index (χ0) is 17.3. The van der Waals surface area contributed by atoms with Crippen molar-refractivity contribution in [2.75, 3.05) is 33.4 Å². The zero-order valence-electron chi connectivity index (χ0n) is 15.0. The van der Waals surface area contributed by atoms with Gasteiger partial charge in [-0.25, -0.2) is 4.79 Å². The van der Waals surface area contributed by atoms with Gasteiger partial charge in [-0.15, -0.1) is 0 Å². The quantitative estimate of drug-likeness (QED) is 0.843. The molecular weight excluding hydrogens is 300 g/mol. The normalized spacial score (nSPS) is 28.9. The average Bonchev–Trinajstić information content (AvgIpc) is 2.82. The van der Waals surface area contributed by atoms with Crippen molar-refractivity contribution in [1.29, 1.82) is 0 Å². The molecule has 23 heavy (non-hydrogen) atoms. The first-order valence-electron chi connectivity index (χ1n) is 8.14. The van der Waals surface area contributed by atoms with Crippen LogP contribution in [0.1, 0.15) is 34.6 Å². The SMILES string of the molecule is CO[C@H]1CN(C(=O)OC(C)(C)C)CC1NC1COC(C)(C)OC1. The van der Waals surface area contributed by atoms with Crippen molar-refractivity contribution in [3.63, 3.8) is 0 Å². The number of ether oxygens (including phenoxy) is 4. The Balaban J connectivity index is 1.88. The van der Waals surface area contributed by atoms with E-state index in [9.17, 15) is 4.79 Å². The molecule has 2 heterocycles. The van der Waals surface area contributed by atoms with Crippen molar-refractivity contribution in [2.45, 2.75) is 64.2 Å². The molecule has 0 radical (unpaired) electrons. The highest BCUT2D eigenvalue weighted by atomic mass is 16.7. The smallest absolute Gasteiger partial charge is 0.410 e. The first-order chi connectivity index (χ1) is 10.6. The van der Waals surface area contributed by atoms with Gasteiger partial charge in [0.05, 0.1) is 37.9 Å². The molecule has 2 aliphatic heterocycles. The maximum Gasteiger partial charge on any atom is 0.410 e. The number of carbonyl (C=O) groups is 1. The Morgan fingerprint density at radius 2 is 1.83 bits per heavy atom. The topological polar surface area (TPSA) is 69.3 Å². The summed E-state index contributed by atoms with van der Waals surface area (Å²) in [5.74, 6) is -0.531. The van der Waals surface area contributed by atoms with Crippen molar-refractivity contribution in [2.24, 2.45) is 0 Å². The summed E-state index contributed by atoms with van der Waals surface area (Å²) < 4.78 is 22.3. The number of hydrogen-bond acceptors (Lipinski definition) is 6. The Morgan fingerprint density at radius 3 is 2.35 bits per heavy atom. The van der Waals surface area contributed by atoms with Crippen LogP contribution in [0.15, 0.2) is 0 Å². The summed E-state index contributed by atoms with van der Waals surface area (Å²) in [6.45, 7) is 11.6. The lowest BCUT2D eigenvalue weighted by atomic mass is 10.1. The summed E-state index contributed by atoms with van der Waals surface area (Å²) in [6, 6.07) is 0.121. The second-order valence-corrected chi connectivity index (χ2v) is 7.65. The Kier molecular flexibility index (Phi) is 5.56. The van der Waals surface area contributed by atoms with Crippen LogP contribution in [0.2, 0.25) is 0 Å². The average molecular weight is 330 g/mol. The van der Waals surface area contributed by atoms with Crippen LogP contribution in [0, 0.1) is 0 Å². The van der Waals surface area contributed by atoms with Gasteiger partial charge in [0.2, 0.25) is 0 Å². The minimum Gasteiger partial charge on any atom is -0.444 e. The van der Waals surface area contributed by atoms with Crippen molar-refractivity contribution in [1.82, 2.24) is 10.2 Å². The number of nitrogens with zero attached hydrogens (tertiary/aromatic N) is 1. The molecule has 0 aromatic carbocycles. The fraction of sp³-hybridized carbons (Fsp3) is 0.938. The highest BCUT2D eigenvalue weighted by molar-refractivity contribution is 5.68. The number of amides is 1. The van der Waals surface area contributed by atoms with E-state index in [0.717, 1.165) is 0 Å². The number of nitrogens with one attached hydrogen (secondary N) is 1. The summed E-state index contributed by atoms with van der Waals surface area (Å²) in [5, 5.41) is 3.48. The molecule has 2 atom stereocenters. The number of likely N-dealkylation sites (tertiary alicyclic amines) is 1. The highest BCUT2D eigenvalue weighted by Gasteiger charge is 2.39. The minimum absolute atomic E-state index is 0.0333. The molecule has 7 heteroatoms. The van der Waals surface area contributed by atoms with Crippen molar-refractivity contribution in [3.05, 3.63) is 0 Å². The molecule has 0 aromatic rings. The standard InChI is InChI=1S/C16H30N2O5/c1-15(2,3)23-14(19)18-7-12(13(8-18)20-6)17-11-9-21-16(4,5)22-10-11/h11-13,17H,7-10H2,1-6H3/t12?,13-/m0/s1. The number of carbonyl (C=O) groups excluding carboxylic acids is 1. The lowest BCUT2D eigenvalue weighted by Crippen LogP contribution is -2.54. The Morgan fingerprint density at radius 1 is 1.22 bits per heavy atom. The molecule has 1 unspecified atom stereocenters. The van der Waals surface area contributed by atoms with Gasteiger partial charge >= 0.3 is 6.09 Å². The summed E-state index contributed by atoms with van der Waals surface area (Å²) in [6.07, 6.45) is -0.376. The molecule has 2 fully saturated rings. The van der Waals surface area contributed by atoms with Gasteiger partial charge in [-0.1, -0.05) is 0 Å². The predicted molar refractivity (Wildman–Crippen MR) is 85.3 cm³/mol. The summed E-state index contributed by atoms with van der Waals surface area (Å²) in [5.41, 5.74) is -0.498. The van der Waals surface area contributed by atoms with E-state index in [0.29, 0.717) is 26.3 Å². The van der Waals surface area contributed by atoms with E-state index >= 15 is 0 Å². The Hall–Kier alpha value is -0.890. The highest BCUT2D eigenvalue weighted by Crippen LogP contribution is 2.21. The van der Waals surface area contributed by atoms with Gasteiger partial charge in [0, 0.05) is 13.7 Å². The third kappa shape index (κ3) is 5.31. The summed E-state index contributed by atoms with van der Waals surface area (Å²) >= 11 is 0. The van der Waals surface area contributed by atoms with Gasteiger partial charge in [-0.2, -0.15) is 0 Å². The third-order valence-electron chi connectivity index (χ3n) is 3.93. The molecular formula is C16H30N2O5. The maximum atomic E-state index is 12.2. The van der Waals surface area contributed by atoms with E-state index < -0.39 is 11.4 Å². The summed E-state index contributed by atoms with van der Waals surface area (Å²) in [4.78, 5) is 13.9. The van der Waals surface area contributed by atoms with E-state index in [-0.39, 0.29) is 24.3 Å². The fourth-order valence-electron chi connectivity index (χ4n) is 2.74. The van der Waals surface area contributed by atoms with Crippen LogP contribution in [0.4, 0.5) is 4.79 Å². The van der Waals surface area contributed by atoms with Crippen LogP contribution in [0.25, 0.3) is 0 Å². The second kappa shape index (κ2) is 6.93. The molecule has 7 nitrogen and oxygen atoms in total. The number of rotatable bonds is 3. The number of methoxy groups -OCH3 is 1. The van der Waals surface area contributed by atoms with Gasteiger partial charge in [0.1, 0.15) is 5.60 Å². The van der Waals surface area contributed by atoms with Crippen LogP contribution in [0.3, 0.4) is 0 Å². The molecule has 0 saturated carbocycles. The fourth-order valence-corrected chi connectivity index (χ4v) is 2.74. The summed E-state index contributed by atoms with van der Waals surface area (Å²) in [7, 11) is 1.66. The van der Waals surface area contributed by atoms with E-state index in [1.807, 2.05) is 34.6 Å². The van der Waals surface area contributed by atoms with Crippen LogP contribution in [-0.2, 0) is 18.9 Å². The van der Waals surface area contributed by atoms with E-state index in [1.165, 1.54) is 0 Å². The van der Waals surface area contributed by atoms with Gasteiger partial charge < -0.3 is 29.2 Å². The zero-order valence-corrected chi connectivity index (χ0v) is 15.0. The first-order valence-corrected chi connectivity index (χ1v) is 8.14. The molecule has 1 amide bonds. The van der Waals surface area contributed by atoms with Crippen molar-refractivity contribution >= 4 is 6.09 Å². The second-order valence-electron chi connectivity index (χ2n) is 7.65. The number of hydrogen-bond donors (Lipinski definition) is 1. The Bertz CT molecular complexity index is 411. The monoisotopic (exact) mass is 330 g/mol. The molecule has 0 spiro atoms. The largest absolute Gasteiger partial charge is 0.444 e. The van der Waals surface area contributed by atoms with Gasteiger partial charge in [-0.3, -0.25) is 0 Å². The molecule has 0 bridgehead atoms. The Labute approximate surface area is 138 Å². The molecule has 134 valence electrons.